The van der Waals surface area contributed by atoms with E-state index in [1.54, 1.807) is 25.3 Å². The summed E-state index contributed by atoms with van der Waals surface area (Å²) in [4.78, 5) is 0. The fourth-order valence-electron chi connectivity index (χ4n) is 2.71. The molecule has 0 spiro atoms. The zero-order chi connectivity index (χ0) is 16.2. The summed E-state index contributed by atoms with van der Waals surface area (Å²) in [7, 11) is 1.68. The summed E-state index contributed by atoms with van der Waals surface area (Å²) in [5.41, 5.74) is 2.23. The van der Waals surface area contributed by atoms with Gasteiger partial charge in [0, 0.05) is 20.3 Å². The van der Waals surface area contributed by atoms with Gasteiger partial charge in [-0.05, 0) is 42.5 Å². The van der Waals surface area contributed by atoms with Crippen molar-refractivity contribution in [1.82, 2.24) is 5.32 Å². The second-order valence-corrected chi connectivity index (χ2v) is 5.76. The molecular weight excluding hydrogens is 304 g/mol. The number of halogens is 2. The van der Waals surface area contributed by atoms with Gasteiger partial charge in [-0.1, -0.05) is 12.1 Å². The molecule has 6 heteroatoms. The lowest BCUT2D eigenvalue weighted by Gasteiger charge is -2.19. The van der Waals surface area contributed by atoms with E-state index in [1.807, 2.05) is 0 Å². The number of ether oxygens (including phenoxy) is 3. The Morgan fingerprint density at radius 1 is 1.26 bits per heavy atom. The van der Waals surface area contributed by atoms with Gasteiger partial charge in [0.25, 0.3) is 0 Å². The van der Waals surface area contributed by atoms with Crippen LogP contribution in [0.15, 0.2) is 29.8 Å². The highest BCUT2D eigenvalue weighted by Gasteiger charge is 2.27. The zero-order valence-electron chi connectivity index (χ0n) is 13.1. The van der Waals surface area contributed by atoms with Crippen LogP contribution in [-0.2, 0) is 4.74 Å². The molecule has 2 aliphatic rings. The molecule has 4 nitrogen and oxygen atoms in total. The molecule has 0 amide bonds. The van der Waals surface area contributed by atoms with Gasteiger partial charge in [0.05, 0.1) is 12.1 Å². The highest BCUT2D eigenvalue weighted by molar-refractivity contribution is 5.46. The monoisotopic (exact) mass is 325 g/mol. The van der Waals surface area contributed by atoms with Gasteiger partial charge in [0.15, 0.2) is 11.5 Å². The van der Waals surface area contributed by atoms with Gasteiger partial charge < -0.3 is 19.5 Å². The van der Waals surface area contributed by atoms with Gasteiger partial charge in [-0.15, -0.1) is 0 Å². The molecule has 1 fully saturated rings. The van der Waals surface area contributed by atoms with E-state index in [1.165, 1.54) is 5.57 Å². The Bertz CT molecular complexity index is 573. The van der Waals surface area contributed by atoms with E-state index >= 15 is 0 Å². The number of rotatable bonds is 8. The van der Waals surface area contributed by atoms with Crippen LogP contribution in [0.5, 0.6) is 11.5 Å². The molecule has 0 aromatic heterocycles. The third-order valence-corrected chi connectivity index (χ3v) is 3.99. The highest BCUT2D eigenvalue weighted by Crippen LogP contribution is 2.38. The molecule has 0 radical (unpaired) electrons. The summed E-state index contributed by atoms with van der Waals surface area (Å²) < 4.78 is 40.5. The Kier molecular flexibility index (Phi) is 5.13. The highest BCUT2D eigenvalue weighted by atomic mass is 19.3. The van der Waals surface area contributed by atoms with Crippen LogP contribution in [0.3, 0.4) is 0 Å². The molecule has 1 aliphatic carbocycles. The first-order valence-electron chi connectivity index (χ1n) is 7.84. The molecule has 1 unspecified atom stereocenters. The van der Waals surface area contributed by atoms with Crippen LogP contribution in [0, 0.1) is 0 Å². The summed E-state index contributed by atoms with van der Waals surface area (Å²) in [5, 5.41) is 3.40. The maximum Gasteiger partial charge on any atom is 0.387 e. The van der Waals surface area contributed by atoms with Crippen molar-refractivity contribution in [3.05, 3.63) is 35.4 Å². The topological polar surface area (TPSA) is 39.7 Å². The SMILES string of the molecule is COCCC1=CCNC1c1ccc(OC(F)F)c(OC2CC2)c1. The lowest BCUT2D eigenvalue weighted by Crippen LogP contribution is -2.17. The molecule has 0 bridgehead atoms. The molecule has 3 rings (SSSR count). The van der Waals surface area contributed by atoms with Crippen molar-refractivity contribution in [2.45, 2.75) is 38.0 Å². The first kappa shape index (κ1) is 16.2. The minimum atomic E-state index is -2.86. The maximum atomic E-state index is 12.5. The predicted molar refractivity (Wildman–Crippen MR) is 82.0 cm³/mol. The van der Waals surface area contributed by atoms with E-state index in [-0.39, 0.29) is 17.9 Å². The fourth-order valence-corrected chi connectivity index (χ4v) is 2.71. The standard InChI is InChI=1S/C17H21F2NO3/c1-21-9-7-11-6-8-20-16(11)12-2-5-14(23-17(18)19)15(10-12)22-13-3-4-13/h2,5-6,10,13,16-17,20H,3-4,7-9H2,1H3. The maximum absolute atomic E-state index is 12.5. The molecular formula is C17H21F2NO3. The largest absolute Gasteiger partial charge is 0.487 e. The Morgan fingerprint density at radius 2 is 2.09 bits per heavy atom. The summed E-state index contributed by atoms with van der Waals surface area (Å²) in [6.07, 6.45) is 5.01. The average molecular weight is 325 g/mol. The molecule has 1 N–H and O–H groups in total. The second-order valence-electron chi connectivity index (χ2n) is 5.76. The van der Waals surface area contributed by atoms with E-state index in [0.29, 0.717) is 12.4 Å². The first-order valence-corrected chi connectivity index (χ1v) is 7.84. The van der Waals surface area contributed by atoms with Gasteiger partial charge in [0.1, 0.15) is 0 Å². The van der Waals surface area contributed by atoms with Crippen molar-refractivity contribution in [2.75, 3.05) is 20.3 Å². The molecule has 23 heavy (non-hydrogen) atoms. The van der Waals surface area contributed by atoms with E-state index in [4.69, 9.17) is 9.47 Å². The van der Waals surface area contributed by atoms with Gasteiger partial charge in [-0.25, -0.2) is 0 Å². The minimum Gasteiger partial charge on any atom is -0.487 e. The van der Waals surface area contributed by atoms with E-state index in [9.17, 15) is 8.78 Å². The van der Waals surface area contributed by atoms with Crippen LogP contribution in [0.2, 0.25) is 0 Å². The molecule has 1 aliphatic heterocycles. The van der Waals surface area contributed by atoms with Crippen molar-refractivity contribution in [2.24, 2.45) is 0 Å². The van der Waals surface area contributed by atoms with E-state index in [2.05, 4.69) is 16.1 Å². The number of hydrogen-bond donors (Lipinski definition) is 1. The first-order chi connectivity index (χ1) is 11.2. The van der Waals surface area contributed by atoms with Gasteiger partial charge in [-0.2, -0.15) is 8.78 Å². The van der Waals surface area contributed by atoms with Crippen LogP contribution in [-0.4, -0.2) is 33.0 Å². The molecule has 1 atom stereocenters. The third kappa shape index (κ3) is 4.20. The molecule has 1 aromatic carbocycles. The van der Waals surface area contributed by atoms with E-state index < -0.39 is 6.61 Å². The third-order valence-electron chi connectivity index (χ3n) is 3.99. The van der Waals surface area contributed by atoms with E-state index in [0.717, 1.165) is 31.4 Å². The van der Waals surface area contributed by atoms with Crippen LogP contribution in [0.1, 0.15) is 30.9 Å². The Hall–Kier alpha value is -1.66. The molecule has 1 saturated carbocycles. The Balaban J connectivity index is 1.80. The van der Waals surface area contributed by atoms with Crippen LogP contribution in [0.25, 0.3) is 0 Å². The molecule has 126 valence electrons. The second kappa shape index (κ2) is 7.27. The predicted octanol–water partition coefficient (Wildman–Crippen LogP) is 3.44. The Labute approximate surface area is 134 Å². The number of alkyl halides is 2. The lowest BCUT2D eigenvalue weighted by atomic mass is 9.98. The number of benzene rings is 1. The van der Waals surface area contributed by atoms with Crippen LogP contribution < -0.4 is 14.8 Å². The zero-order valence-corrected chi connectivity index (χ0v) is 13.1. The molecule has 0 saturated heterocycles. The minimum absolute atomic E-state index is 0.0623. The van der Waals surface area contributed by atoms with Gasteiger partial charge in [-0.3, -0.25) is 0 Å². The van der Waals surface area contributed by atoms with Crippen LogP contribution in [0.4, 0.5) is 8.78 Å². The summed E-state index contributed by atoms with van der Waals surface area (Å²) in [6.45, 7) is -1.41. The Morgan fingerprint density at radius 3 is 2.78 bits per heavy atom. The van der Waals surface area contributed by atoms with Crippen molar-refractivity contribution in [3.8, 4) is 11.5 Å². The number of nitrogens with one attached hydrogen (secondary N) is 1. The van der Waals surface area contributed by atoms with Gasteiger partial charge >= 0.3 is 6.61 Å². The molecule has 1 aromatic rings. The summed E-state index contributed by atoms with van der Waals surface area (Å²) >= 11 is 0. The number of methoxy groups -OCH3 is 1. The summed E-state index contributed by atoms with van der Waals surface area (Å²) in [6, 6.07) is 5.24. The van der Waals surface area contributed by atoms with Crippen molar-refractivity contribution in [1.29, 1.82) is 0 Å². The quantitative estimate of drug-likeness (QED) is 0.743. The van der Waals surface area contributed by atoms with Crippen molar-refractivity contribution >= 4 is 0 Å². The smallest absolute Gasteiger partial charge is 0.387 e. The summed E-state index contributed by atoms with van der Waals surface area (Å²) in [5.74, 6) is 0.487. The average Bonchev–Trinajstić information content (AvgIpc) is 3.21. The van der Waals surface area contributed by atoms with Gasteiger partial charge in [0.2, 0.25) is 0 Å². The lowest BCUT2D eigenvalue weighted by molar-refractivity contribution is -0.0516. The number of hydrogen-bond acceptors (Lipinski definition) is 4. The van der Waals surface area contributed by atoms with Crippen molar-refractivity contribution in [3.63, 3.8) is 0 Å². The molecule has 1 heterocycles. The fraction of sp³-hybridized carbons (Fsp3) is 0.529. The van der Waals surface area contributed by atoms with Crippen molar-refractivity contribution < 1.29 is 23.0 Å². The normalized spacial score (nSPS) is 20.7. The van der Waals surface area contributed by atoms with Crippen LogP contribution >= 0.6 is 0 Å².